The topological polar surface area (TPSA) is 72.2 Å². The van der Waals surface area contributed by atoms with Crippen LogP contribution in [0.5, 0.6) is 5.75 Å². The highest BCUT2D eigenvalue weighted by atomic mass is 16.5. The van der Waals surface area contributed by atoms with Crippen molar-refractivity contribution in [2.45, 2.75) is 25.7 Å². The second kappa shape index (κ2) is 6.90. The Labute approximate surface area is 118 Å². The first-order valence-corrected chi connectivity index (χ1v) is 6.79. The summed E-state index contributed by atoms with van der Waals surface area (Å²) in [5.74, 6) is 1.07. The number of nitrogens with zero attached hydrogens (tertiary/aromatic N) is 2. The normalized spacial score (nSPS) is 21.8. The number of carbonyl (C=O) groups excluding carboxylic acids is 1. The Balaban J connectivity index is 1.79. The average molecular weight is 274 g/mol. The number of ether oxygens (including phenoxy) is 2. The largest absolute Gasteiger partial charge is 0.493 e. The van der Waals surface area contributed by atoms with Gasteiger partial charge < -0.3 is 9.47 Å². The fraction of sp³-hybridized carbons (Fsp3) is 0.533. The number of nitriles is 1. The quantitative estimate of drug-likeness (QED) is 0.788. The van der Waals surface area contributed by atoms with Gasteiger partial charge in [0.05, 0.1) is 19.6 Å². The lowest BCUT2D eigenvalue weighted by molar-refractivity contribution is -0.146. The van der Waals surface area contributed by atoms with Crippen molar-refractivity contribution < 1.29 is 14.3 Å². The molecular weight excluding hydrogens is 256 g/mol. The number of pyridine rings is 1. The fourth-order valence-electron chi connectivity index (χ4n) is 2.51. The van der Waals surface area contributed by atoms with Crippen LogP contribution in [0.4, 0.5) is 0 Å². The minimum absolute atomic E-state index is 0.0439. The van der Waals surface area contributed by atoms with E-state index < -0.39 is 0 Å². The Morgan fingerprint density at radius 2 is 2.20 bits per heavy atom. The van der Waals surface area contributed by atoms with Crippen LogP contribution >= 0.6 is 0 Å². The molecule has 1 aliphatic carbocycles. The first kappa shape index (κ1) is 14.3. The Hall–Kier alpha value is -2.09. The van der Waals surface area contributed by atoms with E-state index in [1.807, 2.05) is 6.07 Å². The molecule has 0 N–H and O–H groups in total. The second-order valence-corrected chi connectivity index (χ2v) is 5.04. The summed E-state index contributed by atoms with van der Waals surface area (Å²) in [5.41, 5.74) is 0.358. The highest BCUT2D eigenvalue weighted by molar-refractivity contribution is 5.72. The van der Waals surface area contributed by atoms with Gasteiger partial charge in [-0.1, -0.05) is 0 Å². The van der Waals surface area contributed by atoms with Crippen LogP contribution in [-0.4, -0.2) is 24.7 Å². The molecule has 20 heavy (non-hydrogen) atoms. The van der Waals surface area contributed by atoms with Crippen molar-refractivity contribution in [3.63, 3.8) is 0 Å². The first-order valence-electron chi connectivity index (χ1n) is 6.79. The summed E-state index contributed by atoms with van der Waals surface area (Å²) in [5, 5.41) is 8.77. The maximum atomic E-state index is 11.4. The number of hydrogen-bond donors (Lipinski definition) is 0. The van der Waals surface area contributed by atoms with E-state index in [4.69, 9.17) is 14.7 Å². The third-order valence-electron chi connectivity index (χ3n) is 3.71. The molecule has 1 aliphatic rings. The van der Waals surface area contributed by atoms with E-state index in [0.29, 0.717) is 24.0 Å². The van der Waals surface area contributed by atoms with Crippen LogP contribution in [-0.2, 0) is 9.53 Å². The maximum absolute atomic E-state index is 11.4. The molecule has 0 aliphatic heterocycles. The van der Waals surface area contributed by atoms with E-state index in [2.05, 4.69) is 4.98 Å². The molecule has 1 heterocycles. The van der Waals surface area contributed by atoms with Gasteiger partial charge in [-0.3, -0.25) is 4.79 Å². The molecule has 0 aromatic carbocycles. The number of hydrogen-bond acceptors (Lipinski definition) is 5. The predicted molar refractivity (Wildman–Crippen MR) is 71.9 cm³/mol. The van der Waals surface area contributed by atoms with Crippen LogP contribution in [0.1, 0.15) is 31.4 Å². The standard InChI is InChI=1S/C15H18N2O3/c1-19-15(18)12-4-2-11(3-5-12)10-20-14-6-7-17-13(8-14)9-16/h6-8,11-12H,2-5,10H2,1H3/t11-,12-. The molecule has 106 valence electrons. The van der Waals surface area contributed by atoms with Crippen LogP contribution in [0.25, 0.3) is 0 Å². The molecule has 0 amide bonds. The third kappa shape index (κ3) is 3.70. The highest BCUT2D eigenvalue weighted by Crippen LogP contribution is 2.30. The molecule has 5 heteroatoms. The van der Waals surface area contributed by atoms with E-state index in [1.165, 1.54) is 7.11 Å². The van der Waals surface area contributed by atoms with Gasteiger partial charge in [0.25, 0.3) is 0 Å². The molecule has 1 aromatic rings. The number of rotatable bonds is 4. The van der Waals surface area contributed by atoms with Crippen LogP contribution < -0.4 is 4.74 Å². The highest BCUT2D eigenvalue weighted by Gasteiger charge is 2.27. The summed E-state index contributed by atoms with van der Waals surface area (Å²) in [6.07, 6.45) is 5.23. The minimum atomic E-state index is -0.0998. The SMILES string of the molecule is COC(=O)[C@H]1CC[C@H](COc2ccnc(C#N)c2)CC1. The molecule has 0 spiro atoms. The Kier molecular flexibility index (Phi) is 4.94. The Morgan fingerprint density at radius 3 is 2.85 bits per heavy atom. The molecule has 1 fully saturated rings. The van der Waals surface area contributed by atoms with Crippen LogP contribution in [0.2, 0.25) is 0 Å². The van der Waals surface area contributed by atoms with Gasteiger partial charge in [0.15, 0.2) is 0 Å². The van der Waals surface area contributed by atoms with Gasteiger partial charge in [-0.25, -0.2) is 4.98 Å². The fourth-order valence-corrected chi connectivity index (χ4v) is 2.51. The van der Waals surface area contributed by atoms with Crippen LogP contribution in [0.3, 0.4) is 0 Å². The minimum Gasteiger partial charge on any atom is -0.493 e. The van der Waals surface area contributed by atoms with Gasteiger partial charge in [-0.15, -0.1) is 0 Å². The van der Waals surface area contributed by atoms with Crippen LogP contribution in [0, 0.1) is 23.2 Å². The van der Waals surface area contributed by atoms with Gasteiger partial charge >= 0.3 is 5.97 Å². The predicted octanol–water partition coefficient (Wildman–Crippen LogP) is 2.31. The van der Waals surface area contributed by atoms with Crippen molar-refractivity contribution in [1.29, 1.82) is 5.26 Å². The maximum Gasteiger partial charge on any atom is 0.308 e. The first-order chi connectivity index (χ1) is 9.72. The van der Waals surface area contributed by atoms with E-state index >= 15 is 0 Å². The van der Waals surface area contributed by atoms with E-state index in [0.717, 1.165) is 25.7 Å². The smallest absolute Gasteiger partial charge is 0.308 e. The van der Waals surface area contributed by atoms with Gasteiger partial charge in [0.1, 0.15) is 17.5 Å². The number of carbonyl (C=O) groups is 1. The van der Waals surface area contributed by atoms with Crippen molar-refractivity contribution in [3.8, 4) is 11.8 Å². The summed E-state index contributed by atoms with van der Waals surface area (Å²) < 4.78 is 10.5. The summed E-state index contributed by atoms with van der Waals surface area (Å²) in [6, 6.07) is 5.38. The molecule has 0 radical (unpaired) electrons. The van der Waals surface area contributed by atoms with E-state index in [-0.39, 0.29) is 11.9 Å². The van der Waals surface area contributed by atoms with Gasteiger partial charge in [0, 0.05) is 12.3 Å². The zero-order chi connectivity index (χ0) is 14.4. The van der Waals surface area contributed by atoms with E-state index in [9.17, 15) is 4.79 Å². The molecule has 2 rings (SSSR count). The zero-order valence-electron chi connectivity index (χ0n) is 11.5. The number of esters is 1. The molecule has 5 nitrogen and oxygen atoms in total. The summed E-state index contributed by atoms with van der Waals surface area (Å²) in [7, 11) is 1.44. The molecule has 0 unspecified atom stereocenters. The average Bonchev–Trinajstić information content (AvgIpc) is 2.53. The number of aromatic nitrogens is 1. The van der Waals surface area contributed by atoms with Crippen LogP contribution in [0.15, 0.2) is 18.3 Å². The number of methoxy groups -OCH3 is 1. The Bertz CT molecular complexity index is 502. The lowest BCUT2D eigenvalue weighted by Crippen LogP contribution is -2.25. The van der Waals surface area contributed by atoms with Crippen molar-refractivity contribution >= 4 is 5.97 Å². The van der Waals surface area contributed by atoms with Crippen molar-refractivity contribution in [3.05, 3.63) is 24.0 Å². The Morgan fingerprint density at radius 1 is 1.45 bits per heavy atom. The van der Waals surface area contributed by atoms with Gasteiger partial charge in [0.2, 0.25) is 0 Å². The van der Waals surface area contributed by atoms with Crippen molar-refractivity contribution in [2.24, 2.45) is 11.8 Å². The molecule has 0 bridgehead atoms. The molecule has 0 saturated heterocycles. The molecule has 0 atom stereocenters. The zero-order valence-corrected chi connectivity index (χ0v) is 11.5. The molecular formula is C15H18N2O3. The third-order valence-corrected chi connectivity index (χ3v) is 3.71. The van der Waals surface area contributed by atoms with E-state index in [1.54, 1.807) is 18.3 Å². The van der Waals surface area contributed by atoms with Gasteiger partial charge in [-0.05, 0) is 37.7 Å². The summed E-state index contributed by atoms with van der Waals surface area (Å²) >= 11 is 0. The lowest BCUT2D eigenvalue weighted by atomic mass is 9.82. The second-order valence-electron chi connectivity index (χ2n) is 5.04. The van der Waals surface area contributed by atoms with Gasteiger partial charge in [-0.2, -0.15) is 5.26 Å². The summed E-state index contributed by atoms with van der Waals surface area (Å²) in [4.78, 5) is 15.3. The molecule has 1 saturated carbocycles. The lowest BCUT2D eigenvalue weighted by Gasteiger charge is -2.26. The summed E-state index contributed by atoms with van der Waals surface area (Å²) in [6.45, 7) is 0.614. The van der Waals surface area contributed by atoms with Crippen molar-refractivity contribution in [1.82, 2.24) is 4.98 Å². The monoisotopic (exact) mass is 274 g/mol. The molecule has 1 aromatic heterocycles. The van der Waals surface area contributed by atoms with Crippen molar-refractivity contribution in [2.75, 3.05) is 13.7 Å².